The van der Waals surface area contributed by atoms with Gasteiger partial charge in [0.15, 0.2) is 0 Å². The predicted octanol–water partition coefficient (Wildman–Crippen LogP) is 10.1. The normalized spacial score (nSPS) is 11.5. The summed E-state index contributed by atoms with van der Waals surface area (Å²) in [7, 11) is -13.3. The third-order valence-electron chi connectivity index (χ3n) is 11.7. The predicted molar refractivity (Wildman–Crippen MR) is 302 cm³/mol. The van der Waals surface area contributed by atoms with E-state index in [1.165, 1.54) is 60.7 Å². The van der Waals surface area contributed by atoms with E-state index >= 15 is 0 Å². The number of nitrogens with zero attached hydrogens (tertiary/aromatic N) is 3. The van der Waals surface area contributed by atoms with Crippen LogP contribution in [-0.2, 0) is 30.1 Å². The molecule has 0 atom stereocenters. The molecular formula is C54H36Cl3N7O15S3. The Balaban J connectivity index is 0.851. The summed E-state index contributed by atoms with van der Waals surface area (Å²) in [5.74, 6) is -6.19. The number of hydrogen-bond acceptors (Lipinski definition) is 18. The van der Waals surface area contributed by atoms with Crippen LogP contribution in [0.15, 0.2) is 179 Å². The van der Waals surface area contributed by atoms with E-state index in [-0.39, 0.29) is 76.1 Å². The van der Waals surface area contributed by atoms with Gasteiger partial charge < -0.3 is 35.6 Å². The third kappa shape index (κ3) is 12.7. The number of carbonyl (C=O) groups is 3. The Hall–Kier alpha value is -9.50. The Morgan fingerprint density at radius 2 is 0.878 bits per heavy atom. The van der Waals surface area contributed by atoms with Crippen LogP contribution >= 0.6 is 34.8 Å². The Bertz CT molecular complexity index is 4450. The quantitative estimate of drug-likeness (QED) is 0.0182. The van der Waals surface area contributed by atoms with Gasteiger partial charge in [0.1, 0.15) is 75.6 Å². The molecule has 0 aliphatic rings. The van der Waals surface area contributed by atoms with Crippen LogP contribution in [0.2, 0.25) is 15.5 Å². The van der Waals surface area contributed by atoms with Crippen molar-refractivity contribution in [2.75, 3.05) is 19.9 Å². The zero-order chi connectivity index (χ0) is 58.8. The third-order valence-corrected chi connectivity index (χ3v) is 16.7. The average molecular weight is 1230 g/mol. The molecular weight excluding hydrogens is 1190 g/mol. The van der Waals surface area contributed by atoms with Crippen LogP contribution < -0.4 is 29.4 Å². The number of nitrogens with two attached hydrogens (primary N) is 1. The highest BCUT2D eigenvalue weighted by molar-refractivity contribution is 7.93. The van der Waals surface area contributed by atoms with Crippen LogP contribution in [0.25, 0.3) is 33.4 Å². The van der Waals surface area contributed by atoms with E-state index in [4.69, 9.17) is 50.0 Å². The fourth-order valence-electron chi connectivity index (χ4n) is 7.76. The highest BCUT2D eigenvalue weighted by atomic mass is 35.5. The summed E-state index contributed by atoms with van der Waals surface area (Å²) in [5, 5.41) is 41.2. The number of aromatic hydroxyl groups is 3. The number of carboxylic acids is 1. The van der Waals surface area contributed by atoms with Crippen molar-refractivity contribution in [3.8, 4) is 62.1 Å². The van der Waals surface area contributed by atoms with E-state index in [0.29, 0.717) is 22.4 Å². The van der Waals surface area contributed by atoms with E-state index in [0.717, 1.165) is 73.2 Å². The van der Waals surface area contributed by atoms with Gasteiger partial charge in [-0.05, 0) is 108 Å². The van der Waals surface area contributed by atoms with E-state index < -0.39 is 81.2 Å². The van der Waals surface area contributed by atoms with Gasteiger partial charge in [-0.2, -0.15) is 0 Å². The van der Waals surface area contributed by atoms with Gasteiger partial charge in [-0.15, -0.1) is 0 Å². The highest BCUT2D eigenvalue weighted by Gasteiger charge is 2.26. The first-order valence-electron chi connectivity index (χ1n) is 23.1. The molecule has 6 aromatic carbocycles. The number of nitrogens with one attached hydrogen (secondary N) is 3. The minimum absolute atomic E-state index is 0.0302. The zero-order valence-corrected chi connectivity index (χ0v) is 45.9. The molecule has 3 heterocycles. The van der Waals surface area contributed by atoms with Gasteiger partial charge in [0, 0.05) is 59.2 Å². The number of pyridine rings is 3. The monoisotopic (exact) mass is 1220 g/mol. The van der Waals surface area contributed by atoms with Crippen LogP contribution in [0.5, 0.6) is 28.7 Å². The Morgan fingerprint density at radius 1 is 0.463 bits per heavy atom. The highest BCUT2D eigenvalue weighted by Crippen LogP contribution is 2.36. The van der Waals surface area contributed by atoms with Gasteiger partial charge in [0.25, 0.3) is 30.1 Å². The number of phenolic OH excluding ortho intramolecular Hbond substituents is 3. The lowest BCUT2D eigenvalue weighted by molar-refractivity contribution is 0.0677. The molecule has 9 aromatic rings. The molecule has 0 saturated carbocycles. The van der Waals surface area contributed by atoms with Crippen molar-refractivity contribution >= 4 is 106 Å². The lowest BCUT2D eigenvalue weighted by atomic mass is 10.1. The number of phenols is 3. The fraction of sp³-hybridized carbons (Fsp3) is 0. The molecule has 0 spiro atoms. The van der Waals surface area contributed by atoms with Gasteiger partial charge in [0.05, 0.1) is 17.1 Å². The molecule has 28 heteroatoms. The lowest BCUT2D eigenvalue weighted by Gasteiger charge is -2.14. The van der Waals surface area contributed by atoms with E-state index in [2.05, 4.69) is 29.1 Å². The molecule has 0 aliphatic heterocycles. The summed E-state index contributed by atoms with van der Waals surface area (Å²) >= 11 is 18.9. The number of rotatable bonds is 17. The van der Waals surface area contributed by atoms with E-state index in [1.807, 2.05) is 0 Å². The standard InChI is InChI=1S/C54H36Cl3N7O15S3/c55-49-43(28-7-12-36(13-8-28)78-53(70)40-14-9-32(19-46(40)66)62-80(72,73)38-23-44(50(56)60-26-38)29-3-1-5-31(58)17-29)22-37(25-59-49)82(76,77)64-34-11-16-42(52(68)69)48(21-34)79-54(71)41-15-10-33(20-47(41)67)63-81(74,75)39-24-45(51(57)61-27-39)30-4-2-6-35(65)18-30/h1-27,62-67H,58H2,(H,68,69). The second kappa shape index (κ2) is 22.9. The molecule has 9 rings (SSSR count). The van der Waals surface area contributed by atoms with Crippen molar-refractivity contribution < 1.29 is 69.5 Å². The molecule has 9 N–H and O–H groups in total. The maximum Gasteiger partial charge on any atom is 0.347 e. The van der Waals surface area contributed by atoms with Gasteiger partial charge >= 0.3 is 17.9 Å². The molecule has 416 valence electrons. The van der Waals surface area contributed by atoms with Crippen LogP contribution in [0, 0.1) is 0 Å². The van der Waals surface area contributed by atoms with Gasteiger partial charge in [-0.1, -0.05) is 71.2 Å². The molecule has 3 aromatic heterocycles. The van der Waals surface area contributed by atoms with Crippen LogP contribution in [0.1, 0.15) is 31.1 Å². The largest absolute Gasteiger partial charge is 0.508 e. The van der Waals surface area contributed by atoms with Crippen molar-refractivity contribution in [3.05, 3.63) is 196 Å². The Labute approximate surface area is 480 Å². The maximum absolute atomic E-state index is 13.8. The molecule has 0 radical (unpaired) electrons. The summed E-state index contributed by atoms with van der Waals surface area (Å²) in [4.78, 5) is 49.7. The minimum atomic E-state index is -4.58. The number of benzene rings is 6. The molecule has 0 aliphatic carbocycles. The number of carbonyl (C=O) groups excluding carboxylic acids is 2. The number of esters is 2. The molecule has 0 unspecified atom stereocenters. The molecule has 22 nitrogen and oxygen atoms in total. The summed E-state index contributed by atoms with van der Waals surface area (Å²) in [5.41, 5.74) is 5.92. The van der Waals surface area contributed by atoms with E-state index in [9.17, 15) is 60.1 Å². The second-order valence-corrected chi connectivity index (χ2v) is 23.4. The summed E-state index contributed by atoms with van der Waals surface area (Å²) in [6.45, 7) is 0. The number of hydrogen-bond donors (Lipinski definition) is 8. The van der Waals surface area contributed by atoms with Gasteiger partial charge in [-0.25, -0.2) is 54.6 Å². The number of halogens is 3. The number of aromatic nitrogens is 3. The number of carboxylic acid groups (broad SMARTS) is 1. The average Bonchev–Trinajstić information content (AvgIpc) is 3.55. The number of sulfonamides is 3. The number of ether oxygens (including phenoxy) is 2. The topological polar surface area (TPSA) is 354 Å². The van der Waals surface area contributed by atoms with Crippen LogP contribution in [0.4, 0.5) is 22.7 Å². The smallest absolute Gasteiger partial charge is 0.347 e. The van der Waals surface area contributed by atoms with Crippen molar-refractivity contribution in [1.82, 2.24) is 15.0 Å². The summed E-state index contributed by atoms with van der Waals surface area (Å²) in [6.07, 6.45) is 2.96. The summed E-state index contributed by atoms with van der Waals surface area (Å²) in [6, 6.07) is 30.8. The van der Waals surface area contributed by atoms with Crippen molar-refractivity contribution in [3.63, 3.8) is 0 Å². The number of nitrogen functional groups attached to an aromatic ring is 1. The minimum Gasteiger partial charge on any atom is -0.508 e. The molecule has 0 saturated heterocycles. The molecule has 82 heavy (non-hydrogen) atoms. The molecule has 0 fully saturated rings. The van der Waals surface area contributed by atoms with Gasteiger partial charge in [-0.3, -0.25) is 14.2 Å². The lowest BCUT2D eigenvalue weighted by Crippen LogP contribution is -2.16. The molecule has 0 amide bonds. The second-order valence-electron chi connectivity index (χ2n) is 17.3. The number of anilines is 4. The van der Waals surface area contributed by atoms with Crippen LogP contribution in [0.3, 0.4) is 0 Å². The Morgan fingerprint density at radius 3 is 1.32 bits per heavy atom. The van der Waals surface area contributed by atoms with Crippen molar-refractivity contribution in [2.45, 2.75) is 14.7 Å². The first-order chi connectivity index (χ1) is 38.8. The zero-order valence-electron chi connectivity index (χ0n) is 41.1. The first kappa shape index (κ1) is 57.2. The fourth-order valence-corrected chi connectivity index (χ4v) is 11.5. The van der Waals surface area contributed by atoms with Crippen molar-refractivity contribution in [2.24, 2.45) is 0 Å². The van der Waals surface area contributed by atoms with Gasteiger partial charge in [0.2, 0.25) is 0 Å². The van der Waals surface area contributed by atoms with Crippen molar-refractivity contribution in [1.29, 1.82) is 0 Å². The SMILES string of the molecule is Nc1cccc(-c2cc(S(=O)(=O)Nc3ccc(C(=O)Oc4ccc(-c5cc(S(=O)(=O)Nc6ccc(C(=O)O)c(OC(=O)c7ccc(NS(=O)(=O)c8cnc(Cl)c(-c9cccc(O)c9)c8)cc7O)c6)cnc5Cl)cc4)c(O)c3)cnc2Cl)c1. The molecule has 0 bridgehead atoms. The first-order valence-corrected chi connectivity index (χ1v) is 28.7. The van der Waals surface area contributed by atoms with Crippen LogP contribution in [-0.4, -0.2) is 78.5 Å². The summed E-state index contributed by atoms with van der Waals surface area (Å²) < 4.78 is 98.6. The number of aromatic carboxylic acids is 1. The Kier molecular flexibility index (Phi) is 16.0. The van der Waals surface area contributed by atoms with E-state index in [1.54, 1.807) is 30.3 Å². The maximum atomic E-state index is 13.8.